The summed E-state index contributed by atoms with van der Waals surface area (Å²) >= 11 is 0. The highest BCUT2D eigenvalue weighted by Gasteiger charge is 2.15. The zero-order chi connectivity index (χ0) is 16.6. The van der Waals surface area contributed by atoms with Gasteiger partial charge in [-0.1, -0.05) is 6.92 Å². The van der Waals surface area contributed by atoms with Crippen LogP contribution in [0.5, 0.6) is 5.75 Å². The molecule has 0 saturated heterocycles. The summed E-state index contributed by atoms with van der Waals surface area (Å²) in [6.45, 7) is 5.57. The fourth-order valence-electron chi connectivity index (χ4n) is 2.80. The molecule has 128 valence electrons. The van der Waals surface area contributed by atoms with E-state index >= 15 is 0 Å². The van der Waals surface area contributed by atoms with Crippen molar-refractivity contribution < 1.29 is 4.74 Å². The van der Waals surface area contributed by atoms with E-state index in [2.05, 4.69) is 22.5 Å². The summed E-state index contributed by atoms with van der Waals surface area (Å²) in [5.74, 6) is 2.74. The van der Waals surface area contributed by atoms with Gasteiger partial charge in [0.15, 0.2) is 0 Å². The molecule has 0 amide bonds. The Hall–Kier alpha value is -2.21. The van der Waals surface area contributed by atoms with Gasteiger partial charge < -0.3 is 15.4 Å². The van der Waals surface area contributed by atoms with E-state index in [1.165, 1.54) is 11.3 Å². The van der Waals surface area contributed by atoms with Gasteiger partial charge in [0.05, 0.1) is 18.5 Å². The number of rotatable bonds is 7. The Labute approximate surface area is 143 Å². The molecule has 6 heteroatoms. The van der Waals surface area contributed by atoms with Crippen LogP contribution in [0.15, 0.2) is 24.5 Å². The van der Waals surface area contributed by atoms with E-state index in [9.17, 15) is 0 Å². The molecule has 24 heavy (non-hydrogen) atoms. The van der Waals surface area contributed by atoms with Crippen LogP contribution in [-0.4, -0.2) is 41.2 Å². The van der Waals surface area contributed by atoms with Crippen molar-refractivity contribution in [3.05, 3.63) is 41.6 Å². The Kier molecular flexibility index (Phi) is 5.96. The van der Waals surface area contributed by atoms with E-state index in [0.717, 1.165) is 62.7 Å². The Bertz CT molecular complexity index is 647. The largest absolute Gasteiger partial charge is 0.492 e. The molecule has 0 radical (unpaired) electrons. The summed E-state index contributed by atoms with van der Waals surface area (Å²) in [6.07, 6.45) is 7.21. The Morgan fingerprint density at radius 2 is 2.17 bits per heavy atom. The number of anilines is 1. The number of fused-ring (bicyclic) bond motifs is 1. The third kappa shape index (κ3) is 4.41. The maximum Gasteiger partial charge on any atom is 0.137 e. The first-order valence-electron chi connectivity index (χ1n) is 8.73. The topological polar surface area (TPSA) is 72.0 Å². The van der Waals surface area contributed by atoms with Crippen molar-refractivity contribution in [2.75, 3.05) is 31.6 Å². The highest BCUT2D eigenvalue weighted by atomic mass is 16.5. The van der Waals surface area contributed by atoms with Crippen LogP contribution in [0.2, 0.25) is 0 Å². The second kappa shape index (κ2) is 8.59. The molecule has 2 aromatic heterocycles. The molecule has 2 N–H and O–H groups in total. The fourth-order valence-corrected chi connectivity index (χ4v) is 2.80. The van der Waals surface area contributed by atoms with Crippen molar-refractivity contribution >= 4 is 5.82 Å². The van der Waals surface area contributed by atoms with Gasteiger partial charge in [-0.25, -0.2) is 9.97 Å². The number of nitrogens with zero attached hydrogens (tertiary/aromatic N) is 3. The molecular weight excluding hydrogens is 302 g/mol. The summed E-state index contributed by atoms with van der Waals surface area (Å²) in [4.78, 5) is 13.5. The summed E-state index contributed by atoms with van der Waals surface area (Å²) in [6, 6.07) is 3.80. The Morgan fingerprint density at radius 3 is 3.00 bits per heavy atom. The van der Waals surface area contributed by atoms with Crippen molar-refractivity contribution in [3.8, 4) is 5.75 Å². The minimum atomic E-state index is 0.661. The summed E-state index contributed by atoms with van der Waals surface area (Å²) < 4.78 is 5.68. The SMILES string of the molecule is CCc1nc2c(c(NCCCOc3cccnc3)n1)CCNCC2. The number of ether oxygens (including phenoxy) is 1. The van der Waals surface area contributed by atoms with E-state index < -0.39 is 0 Å². The first kappa shape index (κ1) is 16.6. The van der Waals surface area contributed by atoms with Crippen LogP contribution < -0.4 is 15.4 Å². The quantitative estimate of drug-likeness (QED) is 0.758. The van der Waals surface area contributed by atoms with Crippen molar-refractivity contribution in [2.24, 2.45) is 0 Å². The zero-order valence-electron chi connectivity index (χ0n) is 14.2. The van der Waals surface area contributed by atoms with Gasteiger partial charge in [-0.2, -0.15) is 0 Å². The zero-order valence-corrected chi connectivity index (χ0v) is 14.2. The fraction of sp³-hybridized carbons (Fsp3) is 0.500. The van der Waals surface area contributed by atoms with E-state index in [0.29, 0.717) is 6.61 Å². The predicted octanol–water partition coefficient (Wildman–Crippen LogP) is 2.00. The standard InChI is InChI=1S/C18H25N5O/c1-2-17-22-16-7-11-19-10-6-15(16)18(23-17)21-9-4-12-24-14-5-3-8-20-13-14/h3,5,8,13,19H,2,4,6-7,9-12H2,1H3,(H,21,22,23). The number of aryl methyl sites for hydroxylation is 1. The van der Waals surface area contributed by atoms with Gasteiger partial charge in [0.1, 0.15) is 17.4 Å². The van der Waals surface area contributed by atoms with Crippen LogP contribution in [0.1, 0.15) is 30.4 Å². The molecule has 0 saturated carbocycles. The molecule has 0 fully saturated rings. The maximum atomic E-state index is 5.68. The number of pyridine rings is 1. The minimum Gasteiger partial charge on any atom is -0.492 e. The molecule has 0 aliphatic carbocycles. The van der Waals surface area contributed by atoms with Crippen LogP contribution in [0.25, 0.3) is 0 Å². The summed E-state index contributed by atoms with van der Waals surface area (Å²) in [7, 11) is 0. The average molecular weight is 327 g/mol. The van der Waals surface area contributed by atoms with E-state index in [4.69, 9.17) is 14.7 Å². The van der Waals surface area contributed by atoms with Crippen LogP contribution in [0.3, 0.4) is 0 Å². The molecule has 3 rings (SSSR count). The third-order valence-corrected chi connectivity index (χ3v) is 4.06. The molecule has 3 heterocycles. The summed E-state index contributed by atoms with van der Waals surface area (Å²) in [5.41, 5.74) is 2.46. The van der Waals surface area contributed by atoms with Gasteiger partial charge in [-0.15, -0.1) is 0 Å². The second-order valence-corrected chi connectivity index (χ2v) is 5.83. The van der Waals surface area contributed by atoms with E-state index in [-0.39, 0.29) is 0 Å². The molecule has 0 atom stereocenters. The molecule has 0 spiro atoms. The van der Waals surface area contributed by atoms with Gasteiger partial charge in [0.2, 0.25) is 0 Å². The molecular formula is C18H25N5O. The first-order valence-corrected chi connectivity index (χ1v) is 8.73. The first-order chi connectivity index (χ1) is 11.9. The maximum absolute atomic E-state index is 5.68. The number of aromatic nitrogens is 3. The van der Waals surface area contributed by atoms with Gasteiger partial charge in [0, 0.05) is 37.7 Å². The Balaban J connectivity index is 1.56. The minimum absolute atomic E-state index is 0.661. The predicted molar refractivity (Wildman–Crippen MR) is 94.5 cm³/mol. The smallest absolute Gasteiger partial charge is 0.137 e. The lowest BCUT2D eigenvalue weighted by Gasteiger charge is -2.14. The molecule has 0 unspecified atom stereocenters. The van der Waals surface area contributed by atoms with Gasteiger partial charge in [-0.05, 0) is 31.5 Å². The van der Waals surface area contributed by atoms with Crippen LogP contribution in [0.4, 0.5) is 5.82 Å². The van der Waals surface area contributed by atoms with Crippen molar-refractivity contribution in [1.29, 1.82) is 0 Å². The highest BCUT2D eigenvalue weighted by molar-refractivity contribution is 5.47. The van der Waals surface area contributed by atoms with Gasteiger partial charge >= 0.3 is 0 Å². The number of hydrogen-bond donors (Lipinski definition) is 2. The molecule has 2 aromatic rings. The number of nitrogens with one attached hydrogen (secondary N) is 2. The van der Waals surface area contributed by atoms with Gasteiger partial charge in [-0.3, -0.25) is 4.98 Å². The molecule has 1 aliphatic heterocycles. The van der Waals surface area contributed by atoms with Crippen LogP contribution in [-0.2, 0) is 19.3 Å². The molecule has 0 bridgehead atoms. The van der Waals surface area contributed by atoms with E-state index in [1.54, 1.807) is 12.4 Å². The van der Waals surface area contributed by atoms with Crippen molar-refractivity contribution in [1.82, 2.24) is 20.3 Å². The molecule has 1 aliphatic rings. The van der Waals surface area contributed by atoms with Crippen molar-refractivity contribution in [2.45, 2.75) is 32.6 Å². The average Bonchev–Trinajstić information content (AvgIpc) is 2.87. The monoisotopic (exact) mass is 327 g/mol. The van der Waals surface area contributed by atoms with Crippen molar-refractivity contribution in [3.63, 3.8) is 0 Å². The molecule has 6 nitrogen and oxygen atoms in total. The summed E-state index contributed by atoms with van der Waals surface area (Å²) in [5, 5.41) is 6.92. The third-order valence-electron chi connectivity index (χ3n) is 4.06. The van der Waals surface area contributed by atoms with E-state index in [1.807, 2.05) is 12.1 Å². The van der Waals surface area contributed by atoms with Crippen LogP contribution in [0, 0.1) is 0 Å². The van der Waals surface area contributed by atoms with Gasteiger partial charge in [0.25, 0.3) is 0 Å². The van der Waals surface area contributed by atoms with Crippen LogP contribution >= 0.6 is 0 Å². The normalized spacial score (nSPS) is 13.9. The molecule has 0 aromatic carbocycles. The second-order valence-electron chi connectivity index (χ2n) is 5.83. The highest BCUT2D eigenvalue weighted by Crippen LogP contribution is 2.20. The number of hydrogen-bond acceptors (Lipinski definition) is 6. The Morgan fingerprint density at radius 1 is 1.25 bits per heavy atom. The lowest BCUT2D eigenvalue weighted by Crippen LogP contribution is -2.16. The lowest BCUT2D eigenvalue weighted by atomic mass is 10.1. The lowest BCUT2D eigenvalue weighted by molar-refractivity contribution is 0.313.